The SMILES string of the molecule is Cc1cc(Br)cc(Cl)c1OC(=O)c1ccc2ccccc2n1. The van der Waals surface area contributed by atoms with Gasteiger partial charge >= 0.3 is 5.97 Å². The van der Waals surface area contributed by atoms with Crippen LogP contribution in [0.2, 0.25) is 5.02 Å². The number of nitrogens with zero attached hydrogens (tertiary/aromatic N) is 1. The molecule has 22 heavy (non-hydrogen) atoms. The van der Waals surface area contributed by atoms with Crippen molar-refractivity contribution in [3.8, 4) is 5.75 Å². The van der Waals surface area contributed by atoms with Crippen molar-refractivity contribution in [1.82, 2.24) is 4.98 Å². The molecule has 0 bridgehead atoms. The number of aryl methyl sites for hydroxylation is 1. The fourth-order valence-corrected chi connectivity index (χ4v) is 3.15. The average molecular weight is 377 g/mol. The number of para-hydroxylation sites is 1. The summed E-state index contributed by atoms with van der Waals surface area (Å²) in [7, 11) is 0. The lowest BCUT2D eigenvalue weighted by Crippen LogP contribution is -2.11. The van der Waals surface area contributed by atoms with Gasteiger partial charge in [0.2, 0.25) is 0 Å². The number of carbonyl (C=O) groups is 1. The maximum atomic E-state index is 12.3. The van der Waals surface area contributed by atoms with Crippen molar-refractivity contribution in [2.75, 3.05) is 0 Å². The molecule has 0 radical (unpaired) electrons. The zero-order valence-corrected chi connectivity index (χ0v) is 14.0. The Morgan fingerprint density at radius 2 is 1.95 bits per heavy atom. The van der Waals surface area contributed by atoms with E-state index < -0.39 is 5.97 Å². The molecule has 3 nitrogen and oxygen atoms in total. The van der Waals surface area contributed by atoms with Gasteiger partial charge in [-0.05, 0) is 36.8 Å². The van der Waals surface area contributed by atoms with Crippen molar-refractivity contribution >= 4 is 44.4 Å². The maximum Gasteiger partial charge on any atom is 0.362 e. The monoisotopic (exact) mass is 375 g/mol. The molecule has 0 unspecified atom stereocenters. The fourth-order valence-electron chi connectivity index (χ4n) is 2.14. The zero-order valence-electron chi connectivity index (χ0n) is 11.6. The molecule has 0 aliphatic rings. The maximum absolute atomic E-state index is 12.3. The van der Waals surface area contributed by atoms with E-state index in [0.29, 0.717) is 10.8 Å². The van der Waals surface area contributed by atoms with Crippen LogP contribution in [-0.4, -0.2) is 11.0 Å². The van der Waals surface area contributed by atoms with Gasteiger partial charge in [0.15, 0.2) is 5.75 Å². The molecule has 0 saturated carbocycles. The zero-order chi connectivity index (χ0) is 15.7. The number of ether oxygens (including phenoxy) is 1. The number of hydrogen-bond donors (Lipinski definition) is 0. The second-order valence-electron chi connectivity index (χ2n) is 4.81. The van der Waals surface area contributed by atoms with Crippen LogP contribution in [-0.2, 0) is 0 Å². The van der Waals surface area contributed by atoms with Crippen LogP contribution in [0.5, 0.6) is 5.75 Å². The normalized spacial score (nSPS) is 10.7. The second kappa shape index (κ2) is 6.07. The lowest BCUT2D eigenvalue weighted by molar-refractivity contribution is 0.0728. The van der Waals surface area contributed by atoms with Crippen molar-refractivity contribution in [1.29, 1.82) is 0 Å². The van der Waals surface area contributed by atoms with Gasteiger partial charge in [0.1, 0.15) is 5.69 Å². The van der Waals surface area contributed by atoms with Gasteiger partial charge in [-0.3, -0.25) is 0 Å². The Labute approximate surface area is 141 Å². The summed E-state index contributed by atoms with van der Waals surface area (Å²) in [5.74, 6) is -0.178. The Balaban J connectivity index is 1.93. The van der Waals surface area contributed by atoms with Crippen molar-refractivity contribution < 1.29 is 9.53 Å². The molecule has 3 aromatic rings. The summed E-state index contributed by atoms with van der Waals surface area (Å²) >= 11 is 9.48. The summed E-state index contributed by atoms with van der Waals surface area (Å²) in [5, 5.41) is 1.35. The summed E-state index contributed by atoms with van der Waals surface area (Å²) in [6, 6.07) is 14.6. The summed E-state index contributed by atoms with van der Waals surface area (Å²) in [5.41, 5.74) is 1.76. The van der Waals surface area contributed by atoms with Crippen molar-refractivity contribution in [2.24, 2.45) is 0 Å². The molecule has 0 aliphatic heterocycles. The molecule has 5 heteroatoms. The molecular formula is C17H11BrClNO2. The highest BCUT2D eigenvalue weighted by atomic mass is 79.9. The van der Waals surface area contributed by atoms with Gasteiger partial charge in [0, 0.05) is 9.86 Å². The summed E-state index contributed by atoms with van der Waals surface area (Å²) < 4.78 is 6.24. The van der Waals surface area contributed by atoms with Gasteiger partial charge in [0.05, 0.1) is 10.5 Å². The number of fused-ring (bicyclic) bond motifs is 1. The van der Waals surface area contributed by atoms with E-state index in [4.69, 9.17) is 16.3 Å². The highest BCUT2D eigenvalue weighted by molar-refractivity contribution is 9.10. The molecule has 2 aromatic carbocycles. The molecule has 1 heterocycles. The molecule has 0 fully saturated rings. The number of hydrogen-bond acceptors (Lipinski definition) is 3. The number of carbonyl (C=O) groups excluding carboxylic acids is 1. The van der Waals surface area contributed by atoms with Crippen LogP contribution < -0.4 is 4.74 Å². The molecule has 0 spiro atoms. The molecule has 1 aromatic heterocycles. The van der Waals surface area contributed by atoms with Crippen LogP contribution >= 0.6 is 27.5 Å². The number of aromatic nitrogens is 1. The van der Waals surface area contributed by atoms with Crippen molar-refractivity contribution in [3.63, 3.8) is 0 Å². The Hall–Kier alpha value is -1.91. The molecule has 0 amide bonds. The van der Waals surface area contributed by atoms with E-state index in [1.54, 1.807) is 12.1 Å². The lowest BCUT2D eigenvalue weighted by atomic mass is 10.2. The lowest BCUT2D eigenvalue weighted by Gasteiger charge is -2.10. The Morgan fingerprint density at radius 1 is 1.18 bits per heavy atom. The third kappa shape index (κ3) is 2.98. The second-order valence-corrected chi connectivity index (χ2v) is 6.14. The fraction of sp³-hybridized carbons (Fsp3) is 0.0588. The van der Waals surface area contributed by atoms with Gasteiger partial charge in [-0.25, -0.2) is 9.78 Å². The minimum absolute atomic E-state index is 0.247. The van der Waals surface area contributed by atoms with E-state index in [2.05, 4.69) is 20.9 Å². The number of rotatable bonds is 2. The number of benzene rings is 2. The highest BCUT2D eigenvalue weighted by Crippen LogP contribution is 2.32. The van der Waals surface area contributed by atoms with E-state index in [0.717, 1.165) is 20.9 Å². The number of pyridine rings is 1. The Morgan fingerprint density at radius 3 is 2.73 bits per heavy atom. The Bertz CT molecular complexity index is 856. The molecule has 3 rings (SSSR count). The van der Waals surface area contributed by atoms with Crippen molar-refractivity contribution in [2.45, 2.75) is 6.92 Å². The van der Waals surface area contributed by atoms with E-state index >= 15 is 0 Å². The standard InChI is InChI=1S/C17H11BrClNO2/c1-10-8-12(18)9-13(19)16(10)22-17(21)15-7-6-11-4-2-3-5-14(11)20-15/h2-9H,1H3. The third-order valence-corrected chi connectivity index (χ3v) is 3.93. The Kier molecular flexibility index (Phi) is 4.14. The largest absolute Gasteiger partial charge is 0.420 e. The summed E-state index contributed by atoms with van der Waals surface area (Å²) in [6.07, 6.45) is 0. The first-order chi connectivity index (χ1) is 10.5. The summed E-state index contributed by atoms with van der Waals surface area (Å²) in [6.45, 7) is 1.83. The molecule has 0 atom stereocenters. The van der Waals surface area contributed by atoms with Crippen LogP contribution in [0.4, 0.5) is 0 Å². The third-order valence-electron chi connectivity index (χ3n) is 3.20. The van der Waals surface area contributed by atoms with E-state index in [1.165, 1.54) is 0 Å². The van der Waals surface area contributed by atoms with Crippen LogP contribution in [0.25, 0.3) is 10.9 Å². The van der Waals surface area contributed by atoms with Crippen LogP contribution in [0.15, 0.2) is 53.0 Å². The smallest absolute Gasteiger partial charge is 0.362 e. The van der Waals surface area contributed by atoms with E-state index in [9.17, 15) is 4.79 Å². The first kappa shape index (κ1) is 15.0. The van der Waals surface area contributed by atoms with Gasteiger partial charge in [-0.1, -0.05) is 51.8 Å². The predicted molar refractivity (Wildman–Crippen MR) is 90.6 cm³/mol. The topological polar surface area (TPSA) is 39.2 Å². The minimum atomic E-state index is -0.530. The van der Waals surface area contributed by atoms with E-state index in [1.807, 2.05) is 43.3 Å². The molecule has 0 aliphatic carbocycles. The minimum Gasteiger partial charge on any atom is -0.420 e. The van der Waals surface area contributed by atoms with E-state index in [-0.39, 0.29) is 5.69 Å². The number of halogens is 2. The van der Waals surface area contributed by atoms with Crippen molar-refractivity contribution in [3.05, 3.63) is 69.3 Å². The van der Waals surface area contributed by atoms with Crippen LogP contribution in [0, 0.1) is 6.92 Å². The number of esters is 1. The van der Waals surface area contributed by atoms with Gasteiger partial charge in [-0.15, -0.1) is 0 Å². The quantitative estimate of drug-likeness (QED) is 0.457. The molecule has 0 N–H and O–H groups in total. The van der Waals surface area contributed by atoms with Gasteiger partial charge in [0.25, 0.3) is 0 Å². The van der Waals surface area contributed by atoms with Crippen LogP contribution in [0.1, 0.15) is 16.1 Å². The highest BCUT2D eigenvalue weighted by Gasteiger charge is 2.15. The van der Waals surface area contributed by atoms with Crippen LogP contribution in [0.3, 0.4) is 0 Å². The van der Waals surface area contributed by atoms with Gasteiger partial charge < -0.3 is 4.74 Å². The van der Waals surface area contributed by atoms with Gasteiger partial charge in [-0.2, -0.15) is 0 Å². The average Bonchev–Trinajstić information content (AvgIpc) is 2.50. The molecule has 0 saturated heterocycles. The first-order valence-electron chi connectivity index (χ1n) is 6.58. The molecule has 110 valence electrons. The predicted octanol–water partition coefficient (Wildman–Crippen LogP) is 5.18. The molecular weight excluding hydrogens is 366 g/mol. The summed E-state index contributed by atoms with van der Waals surface area (Å²) in [4.78, 5) is 16.6. The first-order valence-corrected chi connectivity index (χ1v) is 7.75.